The molecule has 1 aromatic rings. The molecule has 0 aliphatic carbocycles. The summed E-state index contributed by atoms with van der Waals surface area (Å²) in [5, 5.41) is 0.264. The molecule has 2 nitrogen and oxygen atoms in total. The average Bonchev–Trinajstić information content (AvgIpc) is 2.12. The third-order valence-electron chi connectivity index (χ3n) is 1.87. The second kappa shape index (κ2) is 5.21. The Kier molecular flexibility index (Phi) is 4.18. The first kappa shape index (κ1) is 12.8. The number of hydrogen-bond donors (Lipinski definition) is 1. The van der Waals surface area contributed by atoms with E-state index in [9.17, 15) is 8.78 Å². The predicted molar refractivity (Wildman–Crippen MR) is 63.3 cm³/mol. The van der Waals surface area contributed by atoms with E-state index in [0.29, 0.717) is 0 Å². The lowest BCUT2D eigenvalue weighted by Gasteiger charge is -2.11. The first-order chi connectivity index (χ1) is 7.40. The standard InChI is InChI=1S/C11H13F2NOS/c1-6(2)15-11(16)4-7-3-10(14)9(13)5-8(7)12/h3,5-6H,4,14H2,1-2H3. The average molecular weight is 245 g/mol. The van der Waals surface area contributed by atoms with Crippen LogP contribution in [0.3, 0.4) is 0 Å². The van der Waals surface area contributed by atoms with Crippen molar-refractivity contribution in [1.29, 1.82) is 0 Å². The van der Waals surface area contributed by atoms with Crippen LogP contribution >= 0.6 is 12.2 Å². The Labute approximate surface area is 98.4 Å². The molecule has 1 rings (SSSR count). The summed E-state index contributed by atoms with van der Waals surface area (Å²) in [6.07, 6.45) is 0.0532. The number of hydrogen-bond acceptors (Lipinski definition) is 3. The summed E-state index contributed by atoms with van der Waals surface area (Å²) in [4.78, 5) is 0. The zero-order valence-electron chi connectivity index (χ0n) is 9.09. The van der Waals surface area contributed by atoms with Crippen molar-refractivity contribution in [2.75, 3.05) is 5.73 Å². The molecule has 0 radical (unpaired) electrons. The van der Waals surface area contributed by atoms with Crippen molar-refractivity contribution in [2.24, 2.45) is 0 Å². The van der Waals surface area contributed by atoms with Gasteiger partial charge in [0.1, 0.15) is 11.6 Å². The van der Waals surface area contributed by atoms with Crippen molar-refractivity contribution in [1.82, 2.24) is 0 Å². The van der Waals surface area contributed by atoms with E-state index in [0.717, 1.165) is 6.07 Å². The molecule has 16 heavy (non-hydrogen) atoms. The van der Waals surface area contributed by atoms with E-state index in [1.807, 2.05) is 13.8 Å². The van der Waals surface area contributed by atoms with Crippen LogP contribution in [0.5, 0.6) is 0 Å². The van der Waals surface area contributed by atoms with Crippen molar-refractivity contribution in [3.05, 3.63) is 29.3 Å². The van der Waals surface area contributed by atoms with Gasteiger partial charge in [-0.05, 0) is 37.7 Å². The first-order valence-corrected chi connectivity index (χ1v) is 5.24. The normalized spacial score (nSPS) is 10.6. The van der Waals surface area contributed by atoms with Crippen molar-refractivity contribution in [3.63, 3.8) is 0 Å². The van der Waals surface area contributed by atoms with Gasteiger partial charge in [-0.2, -0.15) is 0 Å². The number of rotatable bonds is 3. The first-order valence-electron chi connectivity index (χ1n) is 4.83. The Morgan fingerprint density at radius 3 is 2.56 bits per heavy atom. The Morgan fingerprint density at radius 2 is 2.00 bits per heavy atom. The minimum absolute atomic E-state index is 0.0617. The highest BCUT2D eigenvalue weighted by Gasteiger charge is 2.11. The van der Waals surface area contributed by atoms with Crippen LogP contribution in [0.1, 0.15) is 19.4 Å². The predicted octanol–water partition coefficient (Wildman–Crippen LogP) is 2.84. The van der Waals surface area contributed by atoms with Gasteiger partial charge in [-0.3, -0.25) is 0 Å². The summed E-state index contributed by atoms with van der Waals surface area (Å²) in [7, 11) is 0. The Bertz CT molecular complexity index is 407. The molecular formula is C11H13F2NOS. The number of anilines is 1. The summed E-state index contributed by atoms with van der Waals surface area (Å²) >= 11 is 4.92. The molecule has 0 heterocycles. The van der Waals surface area contributed by atoms with Gasteiger partial charge < -0.3 is 10.5 Å². The number of ether oxygens (including phenoxy) is 1. The minimum atomic E-state index is -0.767. The minimum Gasteiger partial charge on any atom is -0.484 e. The van der Waals surface area contributed by atoms with E-state index < -0.39 is 11.6 Å². The second-order valence-electron chi connectivity index (χ2n) is 3.68. The smallest absolute Gasteiger partial charge is 0.164 e. The van der Waals surface area contributed by atoms with Gasteiger partial charge in [0, 0.05) is 12.5 Å². The summed E-state index contributed by atoms with van der Waals surface area (Å²) in [6, 6.07) is 1.99. The topological polar surface area (TPSA) is 35.2 Å². The Balaban J connectivity index is 2.81. The van der Waals surface area contributed by atoms with Gasteiger partial charge in [0.2, 0.25) is 0 Å². The molecule has 2 N–H and O–H groups in total. The van der Waals surface area contributed by atoms with Gasteiger partial charge in [-0.15, -0.1) is 0 Å². The number of benzene rings is 1. The molecule has 0 aromatic heterocycles. The maximum atomic E-state index is 13.3. The second-order valence-corrected chi connectivity index (χ2v) is 4.14. The van der Waals surface area contributed by atoms with E-state index in [1.54, 1.807) is 0 Å². The quantitative estimate of drug-likeness (QED) is 0.657. The van der Waals surface area contributed by atoms with Crippen molar-refractivity contribution >= 4 is 23.0 Å². The van der Waals surface area contributed by atoms with Crippen LogP contribution in [-0.2, 0) is 11.2 Å². The molecule has 0 bridgehead atoms. The fraction of sp³-hybridized carbons (Fsp3) is 0.364. The van der Waals surface area contributed by atoms with Crippen LogP contribution in [0.15, 0.2) is 12.1 Å². The molecule has 0 saturated carbocycles. The number of nitrogens with two attached hydrogens (primary N) is 1. The van der Waals surface area contributed by atoms with E-state index in [4.69, 9.17) is 22.7 Å². The van der Waals surface area contributed by atoms with Crippen molar-refractivity contribution in [2.45, 2.75) is 26.4 Å². The summed E-state index contributed by atoms with van der Waals surface area (Å²) in [5.41, 5.74) is 5.49. The third-order valence-corrected chi connectivity index (χ3v) is 2.11. The van der Waals surface area contributed by atoms with E-state index in [-0.39, 0.29) is 28.8 Å². The summed E-state index contributed by atoms with van der Waals surface area (Å²) in [6.45, 7) is 3.64. The molecule has 0 saturated heterocycles. The highest BCUT2D eigenvalue weighted by molar-refractivity contribution is 7.80. The maximum absolute atomic E-state index is 13.3. The van der Waals surface area contributed by atoms with E-state index >= 15 is 0 Å². The fourth-order valence-electron chi connectivity index (χ4n) is 1.21. The lowest BCUT2D eigenvalue weighted by atomic mass is 10.1. The largest absolute Gasteiger partial charge is 0.484 e. The molecule has 5 heteroatoms. The molecule has 0 aliphatic heterocycles. The van der Waals surface area contributed by atoms with Crippen LogP contribution in [0.4, 0.5) is 14.5 Å². The monoisotopic (exact) mass is 245 g/mol. The highest BCUT2D eigenvalue weighted by atomic mass is 32.1. The van der Waals surface area contributed by atoms with Crippen LogP contribution in [-0.4, -0.2) is 11.2 Å². The molecule has 0 amide bonds. The van der Waals surface area contributed by atoms with Gasteiger partial charge in [-0.25, -0.2) is 8.78 Å². The molecular weight excluding hydrogens is 232 g/mol. The molecule has 0 unspecified atom stereocenters. The molecule has 88 valence electrons. The third kappa shape index (κ3) is 3.41. The lowest BCUT2D eigenvalue weighted by Crippen LogP contribution is -2.13. The zero-order chi connectivity index (χ0) is 12.3. The molecule has 0 fully saturated rings. The van der Waals surface area contributed by atoms with Gasteiger partial charge in [-0.1, -0.05) is 0 Å². The SMILES string of the molecule is CC(C)OC(=S)Cc1cc(N)c(F)cc1F. The molecule has 0 atom stereocenters. The van der Waals surface area contributed by atoms with Crippen LogP contribution in [0.2, 0.25) is 0 Å². The number of nitrogen functional groups attached to an aromatic ring is 1. The van der Waals surface area contributed by atoms with Crippen molar-refractivity contribution < 1.29 is 13.5 Å². The molecule has 0 aliphatic rings. The summed E-state index contributed by atoms with van der Waals surface area (Å²) in [5.74, 6) is -1.43. The summed E-state index contributed by atoms with van der Waals surface area (Å²) < 4.78 is 31.4. The Morgan fingerprint density at radius 1 is 1.38 bits per heavy atom. The Hall–Kier alpha value is -1.23. The van der Waals surface area contributed by atoms with Crippen LogP contribution in [0.25, 0.3) is 0 Å². The fourth-order valence-corrected chi connectivity index (χ4v) is 1.56. The van der Waals surface area contributed by atoms with Gasteiger partial charge in [0.05, 0.1) is 11.8 Å². The van der Waals surface area contributed by atoms with Gasteiger partial charge in [0.15, 0.2) is 5.05 Å². The van der Waals surface area contributed by atoms with Crippen LogP contribution < -0.4 is 5.73 Å². The maximum Gasteiger partial charge on any atom is 0.164 e. The van der Waals surface area contributed by atoms with E-state index in [2.05, 4.69) is 0 Å². The number of thiocarbonyl (C=S) groups is 1. The van der Waals surface area contributed by atoms with E-state index in [1.165, 1.54) is 6.07 Å². The lowest BCUT2D eigenvalue weighted by molar-refractivity contribution is 0.230. The van der Waals surface area contributed by atoms with Gasteiger partial charge in [0.25, 0.3) is 0 Å². The van der Waals surface area contributed by atoms with Crippen molar-refractivity contribution in [3.8, 4) is 0 Å². The molecule has 1 aromatic carbocycles. The van der Waals surface area contributed by atoms with Crippen LogP contribution in [0, 0.1) is 11.6 Å². The highest BCUT2D eigenvalue weighted by Crippen LogP contribution is 2.17. The number of halogens is 2. The zero-order valence-corrected chi connectivity index (χ0v) is 9.91. The molecule has 0 spiro atoms. The van der Waals surface area contributed by atoms with Gasteiger partial charge >= 0.3 is 0 Å².